The predicted octanol–water partition coefficient (Wildman–Crippen LogP) is 7.05. The van der Waals surface area contributed by atoms with Crippen LogP contribution < -0.4 is 10.2 Å². The third-order valence-corrected chi connectivity index (χ3v) is 6.22. The highest BCUT2D eigenvalue weighted by atomic mass is 16.5. The van der Waals surface area contributed by atoms with E-state index < -0.39 is 0 Å². The molecule has 0 fully saturated rings. The molecule has 0 unspecified atom stereocenters. The maximum absolute atomic E-state index is 12.7. The van der Waals surface area contributed by atoms with E-state index >= 15 is 0 Å². The van der Waals surface area contributed by atoms with E-state index in [2.05, 4.69) is 66.2 Å². The van der Waals surface area contributed by atoms with Crippen LogP contribution in [0.1, 0.15) is 59.4 Å². The zero-order valence-electron chi connectivity index (χ0n) is 21.6. The van der Waals surface area contributed by atoms with Gasteiger partial charge >= 0.3 is 0 Å². The van der Waals surface area contributed by atoms with Crippen LogP contribution in [0.2, 0.25) is 0 Å². The second-order valence-electron chi connectivity index (χ2n) is 9.14. The lowest BCUT2D eigenvalue weighted by Crippen LogP contribution is -2.17. The summed E-state index contributed by atoms with van der Waals surface area (Å²) < 4.78 is 7.99. The normalized spacial score (nSPS) is 11.3. The van der Waals surface area contributed by atoms with Crippen molar-refractivity contribution in [3.8, 4) is 22.7 Å². The van der Waals surface area contributed by atoms with Gasteiger partial charge in [0, 0.05) is 16.9 Å². The second-order valence-corrected chi connectivity index (χ2v) is 9.14. The van der Waals surface area contributed by atoms with Crippen molar-refractivity contribution in [1.29, 1.82) is 0 Å². The van der Waals surface area contributed by atoms with Gasteiger partial charge in [0.05, 0.1) is 18.5 Å². The van der Waals surface area contributed by atoms with Gasteiger partial charge in [0.25, 0.3) is 5.91 Å². The number of rotatable bonds is 8. The molecule has 0 aliphatic rings. The highest BCUT2D eigenvalue weighted by Crippen LogP contribution is 2.29. The summed E-state index contributed by atoms with van der Waals surface area (Å²) in [6.07, 6.45) is 1.69. The molecule has 36 heavy (non-hydrogen) atoms. The van der Waals surface area contributed by atoms with Crippen LogP contribution >= 0.6 is 0 Å². The number of nitrogens with zero attached hydrogens (tertiary/aromatic N) is 2. The molecular formula is C31H33N3O2. The van der Waals surface area contributed by atoms with Gasteiger partial charge in [0.15, 0.2) is 0 Å². The molecule has 0 bridgehead atoms. The fraction of sp³-hybridized carbons (Fsp3) is 0.226. The Labute approximate surface area is 213 Å². The average Bonchev–Trinajstić information content (AvgIpc) is 3.27. The molecule has 0 spiro atoms. The first-order chi connectivity index (χ1) is 17.4. The third kappa shape index (κ3) is 5.41. The number of aryl methyl sites for hydroxylation is 2. The maximum Gasteiger partial charge on any atom is 0.271 e. The molecule has 0 radical (unpaired) electrons. The van der Waals surface area contributed by atoms with Crippen LogP contribution in [0.4, 0.5) is 0 Å². The Hall–Kier alpha value is -4.12. The Morgan fingerprint density at radius 3 is 2.39 bits per heavy atom. The molecule has 184 valence electrons. The SMILES string of the molecule is CCOc1cc(C)c(/C=N/NC(=O)c2ccc(-n3c(C)ccc3-c3ccccc3)cc2)cc1C(C)C. The van der Waals surface area contributed by atoms with Gasteiger partial charge in [-0.2, -0.15) is 5.10 Å². The van der Waals surface area contributed by atoms with E-state index in [1.165, 1.54) is 0 Å². The number of amides is 1. The molecule has 0 aliphatic carbocycles. The van der Waals surface area contributed by atoms with Crippen molar-refractivity contribution < 1.29 is 9.53 Å². The fourth-order valence-electron chi connectivity index (χ4n) is 4.29. The summed E-state index contributed by atoms with van der Waals surface area (Å²) in [4.78, 5) is 12.7. The van der Waals surface area contributed by atoms with Gasteiger partial charge in [-0.25, -0.2) is 5.43 Å². The van der Waals surface area contributed by atoms with Crippen molar-refractivity contribution in [3.05, 3.63) is 107 Å². The summed E-state index contributed by atoms with van der Waals surface area (Å²) in [7, 11) is 0. The van der Waals surface area contributed by atoms with E-state index in [1.54, 1.807) is 6.21 Å². The number of nitrogens with one attached hydrogen (secondary N) is 1. The molecule has 4 rings (SSSR count). The van der Waals surface area contributed by atoms with Gasteiger partial charge in [-0.15, -0.1) is 0 Å². The van der Waals surface area contributed by atoms with Crippen molar-refractivity contribution in [1.82, 2.24) is 9.99 Å². The molecule has 0 aliphatic heterocycles. The van der Waals surface area contributed by atoms with Crippen LogP contribution in [0.25, 0.3) is 16.9 Å². The van der Waals surface area contributed by atoms with Crippen LogP contribution in [-0.2, 0) is 0 Å². The quantitative estimate of drug-likeness (QED) is 0.217. The van der Waals surface area contributed by atoms with E-state index in [0.717, 1.165) is 45.1 Å². The predicted molar refractivity (Wildman–Crippen MR) is 147 cm³/mol. The Morgan fingerprint density at radius 1 is 1.00 bits per heavy atom. The topological polar surface area (TPSA) is 55.6 Å². The van der Waals surface area contributed by atoms with Gasteiger partial charge in [-0.05, 0) is 97.5 Å². The molecule has 0 saturated carbocycles. The van der Waals surface area contributed by atoms with Crippen molar-refractivity contribution in [2.75, 3.05) is 6.61 Å². The lowest BCUT2D eigenvalue weighted by atomic mass is 9.97. The number of hydrazone groups is 1. The first kappa shape index (κ1) is 25.0. The fourth-order valence-corrected chi connectivity index (χ4v) is 4.29. The average molecular weight is 480 g/mol. The molecule has 5 nitrogen and oxygen atoms in total. The summed E-state index contributed by atoms with van der Waals surface area (Å²) in [5.74, 6) is 0.969. The van der Waals surface area contributed by atoms with Gasteiger partial charge in [0.2, 0.25) is 0 Å². The lowest BCUT2D eigenvalue weighted by molar-refractivity contribution is 0.0955. The van der Waals surface area contributed by atoms with Crippen LogP contribution in [0, 0.1) is 13.8 Å². The first-order valence-electron chi connectivity index (χ1n) is 12.3. The van der Waals surface area contributed by atoms with Gasteiger partial charge in [0.1, 0.15) is 5.75 Å². The van der Waals surface area contributed by atoms with Crippen molar-refractivity contribution in [2.24, 2.45) is 5.10 Å². The Kier molecular flexibility index (Phi) is 7.69. The Morgan fingerprint density at radius 2 is 1.72 bits per heavy atom. The second kappa shape index (κ2) is 11.1. The molecule has 4 aromatic rings. The van der Waals surface area contributed by atoms with E-state index in [9.17, 15) is 4.79 Å². The molecule has 1 amide bonds. The summed E-state index contributed by atoms with van der Waals surface area (Å²) in [5.41, 5.74) is 10.7. The van der Waals surface area contributed by atoms with E-state index in [0.29, 0.717) is 18.1 Å². The minimum absolute atomic E-state index is 0.252. The van der Waals surface area contributed by atoms with Crippen molar-refractivity contribution in [2.45, 2.75) is 40.5 Å². The minimum atomic E-state index is -0.252. The van der Waals surface area contributed by atoms with Crippen molar-refractivity contribution >= 4 is 12.1 Å². The zero-order valence-corrected chi connectivity index (χ0v) is 21.6. The Bertz CT molecular complexity index is 1370. The molecule has 1 N–H and O–H groups in total. The Balaban J connectivity index is 1.49. The summed E-state index contributed by atoms with van der Waals surface area (Å²) in [6.45, 7) is 11.0. The third-order valence-electron chi connectivity index (χ3n) is 6.22. The smallest absolute Gasteiger partial charge is 0.271 e. The molecule has 1 aromatic heterocycles. The largest absolute Gasteiger partial charge is 0.494 e. The van der Waals surface area contributed by atoms with Crippen LogP contribution in [0.15, 0.2) is 84.0 Å². The summed E-state index contributed by atoms with van der Waals surface area (Å²) in [5, 5.41) is 4.22. The number of hydrogen-bond acceptors (Lipinski definition) is 3. The highest BCUT2D eigenvalue weighted by Gasteiger charge is 2.12. The number of aromatic nitrogens is 1. The number of carbonyl (C=O) groups excluding carboxylic acids is 1. The lowest BCUT2D eigenvalue weighted by Gasteiger charge is -2.15. The van der Waals surface area contributed by atoms with Gasteiger partial charge in [-0.1, -0.05) is 44.2 Å². The van der Waals surface area contributed by atoms with Crippen molar-refractivity contribution in [3.63, 3.8) is 0 Å². The number of carbonyl (C=O) groups is 1. The van der Waals surface area contributed by atoms with E-state index in [-0.39, 0.29) is 5.91 Å². The van der Waals surface area contributed by atoms with E-state index in [1.807, 2.05) is 62.4 Å². The molecule has 0 atom stereocenters. The highest BCUT2D eigenvalue weighted by molar-refractivity contribution is 5.95. The van der Waals surface area contributed by atoms with Crippen LogP contribution in [0.5, 0.6) is 5.75 Å². The first-order valence-corrected chi connectivity index (χ1v) is 12.3. The minimum Gasteiger partial charge on any atom is -0.494 e. The summed E-state index contributed by atoms with van der Waals surface area (Å²) in [6, 6.07) is 26.2. The molecule has 3 aromatic carbocycles. The van der Waals surface area contributed by atoms with Gasteiger partial charge < -0.3 is 9.30 Å². The summed E-state index contributed by atoms with van der Waals surface area (Å²) >= 11 is 0. The maximum atomic E-state index is 12.7. The number of benzene rings is 3. The standard InChI is InChI=1S/C31H33N3O2/c1-6-36-30-18-22(4)26(19-28(30)21(2)3)20-32-33-31(35)25-13-15-27(16-14-25)34-23(5)12-17-29(34)24-10-8-7-9-11-24/h7-21H,6H2,1-5H3,(H,33,35)/b32-20+. The van der Waals surface area contributed by atoms with E-state index in [4.69, 9.17) is 4.74 Å². The number of ether oxygens (including phenoxy) is 1. The molecule has 5 heteroatoms. The molecular weight excluding hydrogens is 446 g/mol. The molecule has 0 saturated heterocycles. The van der Waals surface area contributed by atoms with Crippen LogP contribution in [0.3, 0.4) is 0 Å². The molecule has 1 heterocycles. The zero-order chi connectivity index (χ0) is 25.7. The van der Waals surface area contributed by atoms with Crippen LogP contribution in [-0.4, -0.2) is 23.3 Å². The number of hydrogen-bond donors (Lipinski definition) is 1. The monoisotopic (exact) mass is 479 g/mol. The van der Waals surface area contributed by atoms with Gasteiger partial charge in [-0.3, -0.25) is 4.79 Å².